The number of rotatable bonds is 5. The molecule has 0 aliphatic heterocycles. The molecular weight excluding hydrogens is 298 g/mol. The molecule has 0 radical (unpaired) electrons. The third kappa shape index (κ3) is 6.85. The molecule has 122 valence electrons. The fourth-order valence-corrected chi connectivity index (χ4v) is 2.86. The second-order valence-corrected chi connectivity index (χ2v) is 7.85. The molecule has 5 nitrogen and oxygen atoms in total. The van der Waals surface area contributed by atoms with Gasteiger partial charge in [-0.1, -0.05) is 20.8 Å². The number of thioether (sulfide) groups is 1. The van der Waals surface area contributed by atoms with E-state index in [9.17, 15) is 9.59 Å². The van der Waals surface area contributed by atoms with E-state index in [-0.39, 0.29) is 23.2 Å². The first-order valence-electron chi connectivity index (χ1n) is 7.32. The minimum Gasteiger partial charge on any atom is -0.355 e. The summed E-state index contributed by atoms with van der Waals surface area (Å²) in [4.78, 5) is 24.2. The molecule has 1 aromatic carbocycles. The molecule has 0 saturated heterocycles. The highest BCUT2D eigenvalue weighted by Gasteiger charge is 2.13. The molecule has 0 aliphatic carbocycles. The van der Waals surface area contributed by atoms with Crippen LogP contribution >= 0.6 is 11.8 Å². The first kappa shape index (κ1) is 18.4. The first-order chi connectivity index (χ1) is 10.2. The molecule has 0 saturated carbocycles. The zero-order chi connectivity index (χ0) is 16.8. The zero-order valence-corrected chi connectivity index (χ0v) is 14.7. The maximum absolute atomic E-state index is 11.8. The van der Waals surface area contributed by atoms with Gasteiger partial charge in [-0.25, -0.2) is 4.79 Å². The van der Waals surface area contributed by atoms with Crippen molar-refractivity contribution < 1.29 is 9.59 Å². The van der Waals surface area contributed by atoms with E-state index in [0.717, 1.165) is 11.3 Å². The van der Waals surface area contributed by atoms with Crippen molar-refractivity contribution in [1.82, 2.24) is 10.6 Å². The highest BCUT2D eigenvalue weighted by atomic mass is 32.2. The highest BCUT2D eigenvalue weighted by Crippen LogP contribution is 2.33. The number of benzene rings is 1. The molecule has 6 heteroatoms. The lowest BCUT2D eigenvalue weighted by Gasteiger charge is -2.18. The number of likely N-dealkylation sites (N-methyl/N-ethyl adjacent to an activating group) is 1. The average molecular weight is 323 g/mol. The van der Waals surface area contributed by atoms with Crippen LogP contribution in [0.1, 0.15) is 33.3 Å². The van der Waals surface area contributed by atoms with Crippen LogP contribution in [0, 0.1) is 6.92 Å². The van der Waals surface area contributed by atoms with E-state index < -0.39 is 0 Å². The Balaban J connectivity index is 2.59. The number of carbonyl (C=O) groups excluding carboxylic acids is 2. The Morgan fingerprint density at radius 1 is 1.18 bits per heavy atom. The summed E-state index contributed by atoms with van der Waals surface area (Å²) < 4.78 is 0.144. The van der Waals surface area contributed by atoms with E-state index in [1.54, 1.807) is 11.8 Å². The number of amides is 3. The van der Waals surface area contributed by atoms with Crippen LogP contribution in [0.4, 0.5) is 10.5 Å². The van der Waals surface area contributed by atoms with Gasteiger partial charge in [0.05, 0.1) is 6.54 Å². The van der Waals surface area contributed by atoms with Crippen molar-refractivity contribution in [3.8, 4) is 0 Å². The molecule has 0 atom stereocenters. The van der Waals surface area contributed by atoms with E-state index >= 15 is 0 Å². The molecule has 0 aliphatic rings. The Kier molecular flexibility index (Phi) is 6.74. The van der Waals surface area contributed by atoms with E-state index in [2.05, 4.69) is 42.8 Å². The number of hydrogen-bond donors (Lipinski definition) is 3. The number of aryl methyl sites for hydroxylation is 1. The van der Waals surface area contributed by atoms with Gasteiger partial charge in [-0.05, 0) is 37.6 Å². The van der Waals surface area contributed by atoms with Crippen molar-refractivity contribution >= 4 is 29.4 Å². The maximum Gasteiger partial charge on any atom is 0.319 e. The van der Waals surface area contributed by atoms with Crippen molar-refractivity contribution in [2.75, 3.05) is 18.4 Å². The third-order valence-corrected chi connectivity index (χ3v) is 3.76. The van der Waals surface area contributed by atoms with Gasteiger partial charge in [0.15, 0.2) is 0 Å². The van der Waals surface area contributed by atoms with Crippen molar-refractivity contribution in [1.29, 1.82) is 0 Å². The van der Waals surface area contributed by atoms with Gasteiger partial charge in [-0.2, -0.15) is 0 Å². The van der Waals surface area contributed by atoms with Gasteiger partial charge < -0.3 is 16.0 Å². The van der Waals surface area contributed by atoms with Crippen LogP contribution in [0.5, 0.6) is 0 Å². The lowest BCUT2D eigenvalue weighted by atomic mass is 10.2. The topological polar surface area (TPSA) is 70.2 Å². The van der Waals surface area contributed by atoms with E-state index in [4.69, 9.17) is 0 Å². The van der Waals surface area contributed by atoms with Crippen molar-refractivity contribution in [2.45, 2.75) is 44.3 Å². The van der Waals surface area contributed by atoms with Crippen LogP contribution in [0.3, 0.4) is 0 Å². The Hall–Kier alpha value is -1.69. The normalized spacial score (nSPS) is 11.0. The van der Waals surface area contributed by atoms with Crippen molar-refractivity contribution in [2.24, 2.45) is 0 Å². The highest BCUT2D eigenvalue weighted by molar-refractivity contribution is 8.00. The van der Waals surface area contributed by atoms with Crippen LogP contribution in [0.25, 0.3) is 0 Å². The lowest BCUT2D eigenvalue weighted by Crippen LogP contribution is -2.38. The number of carbonyl (C=O) groups is 2. The van der Waals surface area contributed by atoms with Crippen molar-refractivity contribution in [3.05, 3.63) is 23.8 Å². The second-order valence-electron chi connectivity index (χ2n) is 5.95. The summed E-state index contributed by atoms with van der Waals surface area (Å²) in [6.07, 6.45) is 0. The summed E-state index contributed by atoms with van der Waals surface area (Å²) in [5.74, 6) is -0.203. The summed E-state index contributed by atoms with van der Waals surface area (Å²) in [5, 5.41) is 7.91. The summed E-state index contributed by atoms with van der Waals surface area (Å²) >= 11 is 1.78. The fraction of sp³-hybridized carbons (Fsp3) is 0.500. The third-order valence-electron chi connectivity index (χ3n) is 2.65. The van der Waals surface area contributed by atoms with Crippen LogP contribution < -0.4 is 16.0 Å². The Morgan fingerprint density at radius 3 is 2.41 bits per heavy atom. The summed E-state index contributed by atoms with van der Waals surface area (Å²) in [7, 11) is 0. The molecule has 3 amide bonds. The molecule has 0 bridgehead atoms. The molecule has 0 fully saturated rings. The minimum atomic E-state index is -0.384. The first-order valence-corrected chi connectivity index (χ1v) is 8.14. The fourth-order valence-electron chi connectivity index (χ4n) is 1.78. The van der Waals surface area contributed by atoms with Gasteiger partial charge >= 0.3 is 6.03 Å². The monoisotopic (exact) mass is 323 g/mol. The van der Waals surface area contributed by atoms with Gasteiger partial charge in [0.25, 0.3) is 0 Å². The van der Waals surface area contributed by atoms with E-state index in [1.165, 1.54) is 4.90 Å². The quantitative estimate of drug-likeness (QED) is 0.729. The van der Waals surface area contributed by atoms with Crippen molar-refractivity contribution in [3.63, 3.8) is 0 Å². The molecule has 22 heavy (non-hydrogen) atoms. The predicted molar refractivity (Wildman–Crippen MR) is 92.5 cm³/mol. The number of nitrogens with one attached hydrogen (secondary N) is 3. The van der Waals surface area contributed by atoms with Crippen LogP contribution in [-0.2, 0) is 4.79 Å². The number of urea groups is 1. The van der Waals surface area contributed by atoms with Gasteiger partial charge in [-0.15, -0.1) is 11.8 Å². The molecule has 0 aromatic heterocycles. The lowest BCUT2D eigenvalue weighted by molar-refractivity contribution is -0.119. The van der Waals surface area contributed by atoms with Gasteiger partial charge in [0.1, 0.15) is 0 Å². The van der Waals surface area contributed by atoms with Gasteiger partial charge in [0.2, 0.25) is 5.91 Å². The summed E-state index contributed by atoms with van der Waals surface area (Å²) in [6.45, 7) is 10.8. The Morgan fingerprint density at radius 2 is 1.86 bits per heavy atom. The maximum atomic E-state index is 11.8. The Bertz CT molecular complexity index is 539. The molecule has 0 heterocycles. The average Bonchev–Trinajstić information content (AvgIpc) is 2.38. The van der Waals surface area contributed by atoms with E-state index in [0.29, 0.717) is 6.54 Å². The molecule has 1 rings (SSSR count). The van der Waals surface area contributed by atoms with Crippen LogP contribution in [0.15, 0.2) is 23.1 Å². The summed E-state index contributed by atoms with van der Waals surface area (Å²) in [6, 6.07) is 5.54. The van der Waals surface area contributed by atoms with Gasteiger partial charge in [0, 0.05) is 21.9 Å². The zero-order valence-electron chi connectivity index (χ0n) is 13.9. The molecule has 0 unspecified atom stereocenters. The van der Waals surface area contributed by atoms with E-state index in [1.807, 2.05) is 26.0 Å². The molecule has 3 N–H and O–H groups in total. The Labute approximate surface area is 136 Å². The number of anilines is 1. The SMILES string of the molecule is CCNC(=O)CNC(=O)Nc1ccc(SC(C)(C)C)cc1C. The van der Waals surface area contributed by atoms with Gasteiger partial charge in [-0.3, -0.25) is 4.79 Å². The predicted octanol–water partition coefficient (Wildman–Crippen LogP) is 3.14. The molecule has 1 aromatic rings. The molecular formula is C16H25N3O2S. The molecule has 0 spiro atoms. The minimum absolute atomic E-state index is 0.0311. The number of hydrogen-bond acceptors (Lipinski definition) is 3. The van der Waals surface area contributed by atoms with Crippen LogP contribution in [-0.4, -0.2) is 29.8 Å². The smallest absolute Gasteiger partial charge is 0.319 e. The largest absolute Gasteiger partial charge is 0.355 e. The summed E-state index contributed by atoms with van der Waals surface area (Å²) in [5.41, 5.74) is 1.73. The second kappa shape index (κ2) is 8.08. The van der Waals surface area contributed by atoms with Crippen LogP contribution in [0.2, 0.25) is 0 Å². The standard InChI is InChI=1S/C16H25N3O2S/c1-6-17-14(20)10-18-15(21)19-13-8-7-12(9-11(13)2)22-16(3,4)5/h7-9H,6,10H2,1-5H3,(H,17,20)(H2,18,19,21).